The Morgan fingerprint density at radius 3 is 2.34 bits per heavy atom. The van der Waals surface area contributed by atoms with Crippen molar-refractivity contribution in [2.75, 3.05) is 0 Å². The topological polar surface area (TPSA) is 21.4 Å². The smallest absolute Gasteiger partial charge is 0.216 e. The standard InChI is InChI=1S/C32H29N2O/c1-20-14-15-25-26-16-17-27(33-3)30(23-12-6-5-7-13-23)32(26)35-31(25)29(20)28-19-24(18-21(2)34(28)4)22-10-8-9-11-22/h5-7,12-19,22H,8-11H2,1-2,4H3/q+1/i5D,6D,7D,12D,13D. The molecule has 0 atom stereocenters. The Kier molecular flexibility index (Phi) is 4.00. The lowest BCUT2D eigenvalue weighted by atomic mass is 9.93. The van der Waals surface area contributed by atoms with E-state index in [1.165, 1.54) is 31.2 Å². The Balaban J connectivity index is 1.71. The van der Waals surface area contributed by atoms with Gasteiger partial charge in [0.2, 0.25) is 5.69 Å². The summed E-state index contributed by atoms with van der Waals surface area (Å²) in [5, 5.41) is 1.58. The average Bonchev–Trinajstić information content (AvgIpc) is 3.61. The van der Waals surface area contributed by atoms with E-state index in [1.807, 2.05) is 12.1 Å². The van der Waals surface area contributed by atoms with Crippen LogP contribution < -0.4 is 4.57 Å². The second kappa shape index (κ2) is 8.40. The van der Waals surface area contributed by atoms with Gasteiger partial charge in [-0.2, -0.15) is 4.57 Å². The van der Waals surface area contributed by atoms with Gasteiger partial charge in [0.15, 0.2) is 11.4 Å². The first-order valence-electron chi connectivity index (χ1n) is 14.6. The Hall–Kier alpha value is -3.90. The van der Waals surface area contributed by atoms with Crippen molar-refractivity contribution in [2.24, 2.45) is 7.05 Å². The van der Waals surface area contributed by atoms with Gasteiger partial charge in [0.1, 0.15) is 18.2 Å². The van der Waals surface area contributed by atoms with Crippen molar-refractivity contribution in [1.82, 2.24) is 0 Å². The third kappa shape index (κ3) is 3.44. The van der Waals surface area contributed by atoms with Crippen LogP contribution in [-0.4, -0.2) is 0 Å². The number of nitrogens with zero attached hydrogens (tertiary/aromatic N) is 2. The predicted molar refractivity (Wildman–Crippen MR) is 143 cm³/mol. The number of aromatic nitrogens is 1. The van der Waals surface area contributed by atoms with E-state index < -0.39 is 18.1 Å². The van der Waals surface area contributed by atoms with Gasteiger partial charge in [-0.05, 0) is 42.4 Å². The minimum Gasteiger partial charge on any atom is -0.456 e. The van der Waals surface area contributed by atoms with Crippen LogP contribution in [0.15, 0.2) is 71.0 Å². The molecular formula is C32H29N2O+. The molecule has 1 aliphatic carbocycles. The summed E-state index contributed by atoms with van der Waals surface area (Å²) in [6.07, 6.45) is 4.89. The van der Waals surface area contributed by atoms with Gasteiger partial charge in [0, 0.05) is 35.4 Å². The summed E-state index contributed by atoms with van der Waals surface area (Å²) in [4.78, 5) is 3.66. The van der Waals surface area contributed by atoms with Crippen LogP contribution in [0.3, 0.4) is 0 Å². The first kappa shape index (κ1) is 16.7. The van der Waals surface area contributed by atoms with Crippen molar-refractivity contribution in [3.8, 4) is 22.4 Å². The van der Waals surface area contributed by atoms with Crippen LogP contribution in [0.2, 0.25) is 0 Å². The van der Waals surface area contributed by atoms with Crippen LogP contribution in [0.5, 0.6) is 0 Å². The van der Waals surface area contributed by atoms with Crippen LogP contribution in [0.1, 0.15) is 55.3 Å². The minimum atomic E-state index is -0.470. The highest BCUT2D eigenvalue weighted by molar-refractivity contribution is 6.15. The first-order valence-corrected chi connectivity index (χ1v) is 12.1. The number of furan rings is 1. The van der Waals surface area contributed by atoms with Crippen LogP contribution in [0, 0.1) is 20.4 Å². The van der Waals surface area contributed by atoms with Gasteiger partial charge in [-0.25, -0.2) is 4.85 Å². The molecule has 0 unspecified atom stereocenters. The summed E-state index contributed by atoms with van der Waals surface area (Å²) >= 11 is 0. The zero-order valence-corrected chi connectivity index (χ0v) is 20.2. The summed E-state index contributed by atoms with van der Waals surface area (Å²) in [5.41, 5.74) is 6.91. The Labute approximate surface area is 213 Å². The molecule has 0 radical (unpaired) electrons. The SMILES string of the molecule is [2H]c1c([2H])c([2H])c(-c2c([N+]#[C-])ccc3c2oc2c(-c4cc(C5CCCC5)cc(C)[n+]4C)c(C)ccc23)c([2H])c1[2H]. The minimum absolute atomic E-state index is 0.0236. The van der Waals surface area contributed by atoms with Crippen molar-refractivity contribution in [3.63, 3.8) is 0 Å². The highest BCUT2D eigenvalue weighted by Gasteiger charge is 2.26. The molecule has 0 aliphatic heterocycles. The number of rotatable bonds is 3. The maximum atomic E-state index is 8.60. The largest absolute Gasteiger partial charge is 0.456 e. The Morgan fingerprint density at radius 2 is 1.63 bits per heavy atom. The summed E-state index contributed by atoms with van der Waals surface area (Å²) in [6.45, 7) is 12.0. The lowest BCUT2D eigenvalue weighted by Crippen LogP contribution is -2.35. The van der Waals surface area contributed by atoms with Crippen molar-refractivity contribution < 1.29 is 15.8 Å². The van der Waals surface area contributed by atoms with Crippen LogP contribution in [0.4, 0.5) is 5.69 Å². The monoisotopic (exact) mass is 462 g/mol. The van der Waals surface area contributed by atoms with Gasteiger partial charge in [-0.3, -0.25) is 0 Å². The zero-order chi connectivity index (χ0) is 28.5. The maximum Gasteiger partial charge on any atom is 0.216 e. The Bertz CT molecular complexity index is 1880. The third-order valence-corrected chi connectivity index (χ3v) is 7.52. The van der Waals surface area contributed by atoms with Crippen molar-refractivity contribution in [2.45, 2.75) is 45.4 Å². The lowest BCUT2D eigenvalue weighted by molar-refractivity contribution is -0.666. The number of aryl methyl sites for hydroxylation is 2. The van der Waals surface area contributed by atoms with Gasteiger partial charge in [-0.1, -0.05) is 67.3 Å². The highest BCUT2D eigenvalue weighted by atomic mass is 16.3. The molecule has 6 rings (SSSR count). The van der Waals surface area contributed by atoms with E-state index in [0.29, 0.717) is 17.1 Å². The van der Waals surface area contributed by atoms with E-state index in [2.05, 4.69) is 48.5 Å². The van der Waals surface area contributed by atoms with E-state index in [0.717, 1.165) is 33.3 Å². The fraction of sp³-hybridized carbons (Fsp3) is 0.250. The number of pyridine rings is 1. The molecular weight excluding hydrogens is 428 g/mol. The summed E-state index contributed by atoms with van der Waals surface area (Å²) in [7, 11) is 2.05. The fourth-order valence-corrected chi connectivity index (χ4v) is 5.58. The molecule has 35 heavy (non-hydrogen) atoms. The first-order chi connectivity index (χ1) is 19.1. The molecule has 1 aliphatic rings. The summed E-state index contributed by atoms with van der Waals surface area (Å²) < 4.78 is 50.5. The molecule has 0 saturated heterocycles. The quantitative estimate of drug-likeness (QED) is 0.194. The molecule has 1 fully saturated rings. The molecule has 3 heteroatoms. The van der Waals surface area contributed by atoms with Crippen LogP contribution in [0.25, 0.3) is 49.2 Å². The van der Waals surface area contributed by atoms with E-state index in [1.54, 1.807) is 6.07 Å². The summed E-state index contributed by atoms with van der Waals surface area (Å²) in [6, 6.07) is 10.0. The van der Waals surface area contributed by atoms with E-state index in [4.69, 9.17) is 17.8 Å². The molecule has 0 bridgehead atoms. The number of hydrogen-bond acceptors (Lipinski definition) is 1. The fourth-order valence-electron chi connectivity index (χ4n) is 5.58. The molecule has 2 aromatic heterocycles. The molecule has 2 heterocycles. The molecule has 5 aromatic rings. The van der Waals surface area contributed by atoms with Gasteiger partial charge < -0.3 is 4.42 Å². The average molecular weight is 463 g/mol. The normalized spacial score (nSPS) is 16.1. The second-order valence-electron chi connectivity index (χ2n) is 9.54. The second-order valence-corrected chi connectivity index (χ2v) is 9.54. The van der Waals surface area contributed by atoms with Gasteiger partial charge >= 0.3 is 0 Å². The predicted octanol–water partition coefficient (Wildman–Crippen LogP) is 8.57. The molecule has 172 valence electrons. The third-order valence-electron chi connectivity index (χ3n) is 7.52. The van der Waals surface area contributed by atoms with Gasteiger partial charge in [-0.15, -0.1) is 0 Å². The lowest BCUT2D eigenvalue weighted by Gasteiger charge is -2.13. The molecule has 0 spiro atoms. The molecule has 1 saturated carbocycles. The maximum absolute atomic E-state index is 8.60. The molecule has 0 amide bonds. The summed E-state index contributed by atoms with van der Waals surface area (Å²) in [5.74, 6) is 0.547. The van der Waals surface area contributed by atoms with E-state index in [9.17, 15) is 0 Å². The number of fused-ring (bicyclic) bond motifs is 3. The molecule has 3 aromatic carbocycles. The number of benzene rings is 3. The van der Waals surface area contributed by atoms with Crippen LogP contribution in [-0.2, 0) is 7.05 Å². The van der Waals surface area contributed by atoms with Crippen LogP contribution >= 0.6 is 0 Å². The highest BCUT2D eigenvalue weighted by Crippen LogP contribution is 2.44. The molecule has 0 N–H and O–H groups in total. The van der Waals surface area contributed by atoms with E-state index in [-0.39, 0.29) is 28.9 Å². The van der Waals surface area contributed by atoms with Gasteiger partial charge in [0.05, 0.1) is 19.0 Å². The van der Waals surface area contributed by atoms with Crippen molar-refractivity contribution in [1.29, 1.82) is 0 Å². The molecule has 3 nitrogen and oxygen atoms in total. The van der Waals surface area contributed by atoms with E-state index >= 15 is 0 Å². The Morgan fingerprint density at radius 1 is 0.943 bits per heavy atom. The number of hydrogen-bond donors (Lipinski definition) is 0. The van der Waals surface area contributed by atoms with Gasteiger partial charge in [0.25, 0.3) is 0 Å². The zero-order valence-electron chi connectivity index (χ0n) is 25.2. The van der Waals surface area contributed by atoms with Crippen molar-refractivity contribution >= 4 is 27.6 Å². The van der Waals surface area contributed by atoms with Crippen molar-refractivity contribution in [3.05, 3.63) is 94.8 Å².